The topological polar surface area (TPSA) is 46.2 Å². The van der Waals surface area contributed by atoms with Crippen molar-refractivity contribution in [1.29, 1.82) is 0 Å². The fourth-order valence-corrected chi connectivity index (χ4v) is 2.47. The molecule has 1 aliphatic heterocycles. The third-order valence-corrected chi connectivity index (χ3v) is 3.77. The maximum Gasteiger partial charge on any atom is 0.223 e. The van der Waals surface area contributed by atoms with Gasteiger partial charge in [0.15, 0.2) is 5.78 Å². The van der Waals surface area contributed by atoms with E-state index in [-0.39, 0.29) is 17.6 Å². The van der Waals surface area contributed by atoms with Crippen LogP contribution in [0.2, 0.25) is 0 Å². The SMILES string of the molecule is CCc1ccc(C(=O)CC2CCCCNC2=O)cc1. The molecule has 1 heterocycles. The molecule has 0 saturated carbocycles. The summed E-state index contributed by atoms with van der Waals surface area (Å²) in [6.45, 7) is 2.83. The Labute approximate surface area is 114 Å². The van der Waals surface area contributed by atoms with E-state index in [1.54, 1.807) is 0 Å². The molecule has 3 nitrogen and oxygen atoms in total. The molecule has 0 aromatic heterocycles. The summed E-state index contributed by atoms with van der Waals surface area (Å²) in [5.41, 5.74) is 1.94. The van der Waals surface area contributed by atoms with E-state index in [2.05, 4.69) is 12.2 Å². The Morgan fingerprint density at radius 3 is 2.68 bits per heavy atom. The number of carbonyl (C=O) groups is 2. The monoisotopic (exact) mass is 259 g/mol. The zero-order valence-electron chi connectivity index (χ0n) is 11.4. The minimum atomic E-state index is -0.152. The molecule has 1 N–H and O–H groups in total. The summed E-state index contributed by atoms with van der Waals surface area (Å²) < 4.78 is 0. The highest BCUT2D eigenvalue weighted by atomic mass is 16.2. The predicted molar refractivity (Wildman–Crippen MR) is 75.1 cm³/mol. The lowest BCUT2D eigenvalue weighted by Crippen LogP contribution is -2.30. The van der Waals surface area contributed by atoms with Crippen molar-refractivity contribution in [3.05, 3.63) is 35.4 Å². The highest BCUT2D eigenvalue weighted by Gasteiger charge is 2.23. The predicted octanol–water partition coefficient (Wildman–Crippen LogP) is 2.74. The average molecular weight is 259 g/mol. The second kappa shape index (κ2) is 6.50. The van der Waals surface area contributed by atoms with Gasteiger partial charge in [0.05, 0.1) is 0 Å². The van der Waals surface area contributed by atoms with Crippen LogP contribution in [0, 0.1) is 5.92 Å². The van der Waals surface area contributed by atoms with Crippen LogP contribution in [0.25, 0.3) is 0 Å². The zero-order chi connectivity index (χ0) is 13.7. The summed E-state index contributed by atoms with van der Waals surface area (Å²) in [5.74, 6) is -0.0402. The van der Waals surface area contributed by atoms with E-state index in [1.165, 1.54) is 5.56 Å². The molecule has 0 aliphatic carbocycles. The number of rotatable bonds is 4. The van der Waals surface area contributed by atoms with Crippen molar-refractivity contribution >= 4 is 11.7 Å². The molecular formula is C16H21NO2. The smallest absolute Gasteiger partial charge is 0.223 e. The summed E-state index contributed by atoms with van der Waals surface area (Å²) >= 11 is 0. The number of hydrogen-bond donors (Lipinski definition) is 1. The van der Waals surface area contributed by atoms with Crippen molar-refractivity contribution in [2.75, 3.05) is 6.54 Å². The number of nitrogens with one attached hydrogen (secondary N) is 1. The number of aryl methyl sites for hydroxylation is 1. The van der Waals surface area contributed by atoms with Crippen LogP contribution >= 0.6 is 0 Å². The lowest BCUT2D eigenvalue weighted by Gasteiger charge is -2.12. The summed E-state index contributed by atoms with van der Waals surface area (Å²) in [7, 11) is 0. The van der Waals surface area contributed by atoms with Crippen LogP contribution in [0.5, 0.6) is 0 Å². The van der Waals surface area contributed by atoms with Crippen molar-refractivity contribution in [3.63, 3.8) is 0 Å². The molecule has 1 aromatic carbocycles. The van der Waals surface area contributed by atoms with Crippen molar-refractivity contribution in [1.82, 2.24) is 5.32 Å². The molecule has 1 aliphatic rings. The van der Waals surface area contributed by atoms with Gasteiger partial charge in [-0.3, -0.25) is 9.59 Å². The molecule has 0 bridgehead atoms. The number of amides is 1. The minimum Gasteiger partial charge on any atom is -0.356 e. The first-order valence-corrected chi connectivity index (χ1v) is 7.10. The summed E-state index contributed by atoms with van der Waals surface area (Å²) in [6, 6.07) is 7.71. The van der Waals surface area contributed by atoms with E-state index < -0.39 is 0 Å². The van der Waals surface area contributed by atoms with Gasteiger partial charge in [0.25, 0.3) is 0 Å². The fourth-order valence-electron chi connectivity index (χ4n) is 2.47. The van der Waals surface area contributed by atoms with Crippen LogP contribution in [-0.2, 0) is 11.2 Å². The van der Waals surface area contributed by atoms with Gasteiger partial charge in [-0.2, -0.15) is 0 Å². The first kappa shape index (κ1) is 13.8. The van der Waals surface area contributed by atoms with Crippen LogP contribution in [0.15, 0.2) is 24.3 Å². The third kappa shape index (κ3) is 3.66. The molecule has 1 atom stereocenters. The number of Topliss-reactive ketones (excluding diaryl/α,β-unsaturated/α-hetero) is 1. The Morgan fingerprint density at radius 1 is 1.26 bits per heavy atom. The van der Waals surface area contributed by atoms with E-state index in [1.807, 2.05) is 24.3 Å². The Kier molecular flexibility index (Phi) is 4.72. The molecule has 1 aromatic rings. The molecule has 0 spiro atoms. The maximum atomic E-state index is 12.2. The lowest BCUT2D eigenvalue weighted by molar-refractivity contribution is -0.124. The molecule has 102 valence electrons. The molecule has 2 rings (SSSR count). The molecule has 3 heteroatoms. The molecule has 1 saturated heterocycles. The van der Waals surface area contributed by atoms with Gasteiger partial charge in [-0.25, -0.2) is 0 Å². The fraction of sp³-hybridized carbons (Fsp3) is 0.500. The summed E-state index contributed by atoms with van der Waals surface area (Å²) in [5, 5.41) is 2.88. The molecule has 19 heavy (non-hydrogen) atoms. The molecule has 1 unspecified atom stereocenters. The quantitative estimate of drug-likeness (QED) is 0.845. The van der Waals surface area contributed by atoms with Crippen molar-refractivity contribution < 1.29 is 9.59 Å². The van der Waals surface area contributed by atoms with Gasteiger partial charge >= 0.3 is 0 Å². The number of ketones is 1. The van der Waals surface area contributed by atoms with Gasteiger partial charge < -0.3 is 5.32 Å². The van der Waals surface area contributed by atoms with Crippen LogP contribution in [0.1, 0.15) is 48.5 Å². The van der Waals surface area contributed by atoms with Gasteiger partial charge in [0, 0.05) is 24.4 Å². The molecule has 1 fully saturated rings. The summed E-state index contributed by atoms with van der Waals surface area (Å²) in [4.78, 5) is 24.0. The largest absolute Gasteiger partial charge is 0.356 e. The van der Waals surface area contributed by atoms with Crippen LogP contribution in [-0.4, -0.2) is 18.2 Å². The standard InChI is InChI=1S/C16H21NO2/c1-2-12-6-8-13(9-7-12)15(18)11-14-5-3-4-10-17-16(14)19/h6-9,14H,2-5,10-11H2,1H3,(H,17,19). The van der Waals surface area contributed by atoms with Crippen molar-refractivity contribution in [2.24, 2.45) is 5.92 Å². The molecular weight excluding hydrogens is 238 g/mol. The van der Waals surface area contributed by atoms with Gasteiger partial charge in [0.2, 0.25) is 5.91 Å². The zero-order valence-corrected chi connectivity index (χ0v) is 11.4. The summed E-state index contributed by atoms with van der Waals surface area (Å²) in [6.07, 6.45) is 4.16. The Hall–Kier alpha value is -1.64. The lowest BCUT2D eigenvalue weighted by atomic mass is 9.93. The number of benzene rings is 1. The maximum absolute atomic E-state index is 12.2. The molecule has 0 radical (unpaired) electrons. The van der Waals surface area contributed by atoms with E-state index in [4.69, 9.17) is 0 Å². The Balaban J connectivity index is 2.00. The van der Waals surface area contributed by atoms with Crippen LogP contribution in [0.3, 0.4) is 0 Å². The third-order valence-electron chi connectivity index (χ3n) is 3.77. The second-order valence-corrected chi connectivity index (χ2v) is 5.16. The highest BCUT2D eigenvalue weighted by Crippen LogP contribution is 2.19. The van der Waals surface area contributed by atoms with E-state index in [0.29, 0.717) is 12.0 Å². The number of hydrogen-bond acceptors (Lipinski definition) is 2. The Morgan fingerprint density at radius 2 is 2.00 bits per heavy atom. The van der Waals surface area contributed by atoms with Gasteiger partial charge in [0.1, 0.15) is 0 Å². The number of carbonyl (C=O) groups excluding carboxylic acids is 2. The highest BCUT2D eigenvalue weighted by molar-refractivity contribution is 5.98. The Bertz CT molecular complexity index is 450. The van der Waals surface area contributed by atoms with Gasteiger partial charge in [-0.05, 0) is 24.8 Å². The molecule has 1 amide bonds. The van der Waals surface area contributed by atoms with E-state index in [9.17, 15) is 9.59 Å². The van der Waals surface area contributed by atoms with Crippen LogP contribution in [0.4, 0.5) is 0 Å². The first-order chi connectivity index (χ1) is 9.20. The minimum absolute atomic E-state index is 0.0380. The van der Waals surface area contributed by atoms with Crippen molar-refractivity contribution in [2.45, 2.75) is 39.0 Å². The van der Waals surface area contributed by atoms with Gasteiger partial charge in [-0.1, -0.05) is 37.6 Å². The average Bonchev–Trinajstić information content (AvgIpc) is 2.64. The second-order valence-electron chi connectivity index (χ2n) is 5.16. The van der Waals surface area contributed by atoms with E-state index >= 15 is 0 Å². The van der Waals surface area contributed by atoms with Gasteiger partial charge in [-0.15, -0.1) is 0 Å². The normalized spacial score (nSPS) is 19.6. The van der Waals surface area contributed by atoms with Crippen LogP contribution < -0.4 is 5.32 Å². The first-order valence-electron chi connectivity index (χ1n) is 7.10. The van der Waals surface area contributed by atoms with Crippen molar-refractivity contribution in [3.8, 4) is 0 Å². The van der Waals surface area contributed by atoms with E-state index in [0.717, 1.165) is 32.2 Å².